The highest BCUT2D eigenvalue weighted by Crippen LogP contribution is 2.49. The van der Waals surface area contributed by atoms with Crippen LogP contribution < -0.4 is 4.74 Å². The lowest BCUT2D eigenvalue weighted by Gasteiger charge is -2.23. The third-order valence-electron chi connectivity index (χ3n) is 6.58. The summed E-state index contributed by atoms with van der Waals surface area (Å²) in [5, 5.41) is 14.8. The van der Waals surface area contributed by atoms with Gasteiger partial charge in [-0.3, -0.25) is 14.4 Å². The minimum absolute atomic E-state index is 0.129. The summed E-state index contributed by atoms with van der Waals surface area (Å²) < 4.78 is 7.42. The van der Waals surface area contributed by atoms with Crippen molar-refractivity contribution in [2.24, 2.45) is 11.3 Å². The van der Waals surface area contributed by atoms with E-state index in [2.05, 4.69) is 37.9 Å². The topological polar surface area (TPSA) is 67.6 Å². The number of fused-ring (bicyclic) bond motifs is 1. The molecule has 0 bridgehead atoms. The van der Waals surface area contributed by atoms with Crippen molar-refractivity contribution in [1.29, 1.82) is 0 Å². The standard InChI is InChI=1S/C23H31N3O3/c1-22(2,3)26-13-17(20(24-26)16-7-5-9-19(11-16)29-4)12-25-14-18-8-6-10-23(18,15-25)21(27)28/h5,7,9,11,13,18H,6,8,10,12,14-15H2,1-4H3,(H,27,28)/t18-,23+/m0/s1. The maximum Gasteiger partial charge on any atom is 0.311 e. The number of rotatable bonds is 5. The summed E-state index contributed by atoms with van der Waals surface area (Å²) in [5.41, 5.74) is 2.41. The fraction of sp³-hybridized carbons (Fsp3) is 0.565. The summed E-state index contributed by atoms with van der Waals surface area (Å²) in [6.07, 6.45) is 4.97. The summed E-state index contributed by atoms with van der Waals surface area (Å²) in [4.78, 5) is 14.4. The average Bonchev–Trinajstić information content (AvgIpc) is 3.34. The second kappa shape index (κ2) is 7.17. The Morgan fingerprint density at radius 1 is 1.38 bits per heavy atom. The van der Waals surface area contributed by atoms with E-state index in [-0.39, 0.29) is 11.5 Å². The second-order valence-corrected chi connectivity index (χ2v) is 9.57. The van der Waals surface area contributed by atoms with E-state index in [1.807, 2.05) is 22.9 Å². The van der Waals surface area contributed by atoms with Gasteiger partial charge in [-0.25, -0.2) is 0 Å². The van der Waals surface area contributed by atoms with E-state index in [0.29, 0.717) is 13.1 Å². The van der Waals surface area contributed by atoms with Crippen LogP contribution in [-0.4, -0.2) is 46.0 Å². The minimum Gasteiger partial charge on any atom is -0.497 e. The molecule has 156 valence electrons. The van der Waals surface area contributed by atoms with Crippen LogP contribution >= 0.6 is 0 Å². The van der Waals surface area contributed by atoms with Gasteiger partial charge in [-0.15, -0.1) is 0 Å². The molecule has 1 aliphatic heterocycles. The third-order valence-corrected chi connectivity index (χ3v) is 6.58. The molecule has 6 heteroatoms. The van der Waals surface area contributed by atoms with Crippen molar-refractivity contribution in [3.05, 3.63) is 36.0 Å². The molecule has 1 saturated carbocycles. The van der Waals surface area contributed by atoms with Gasteiger partial charge in [0.15, 0.2) is 0 Å². The number of likely N-dealkylation sites (tertiary alicyclic amines) is 1. The number of ether oxygens (including phenoxy) is 1. The summed E-state index contributed by atoms with van der Waals surface area (Å²) >= 11 is 0. The SMILES string of the molecule is COc1cccc(-c2nn(C(C)(C)C)cc2CN2C[C@@H]3CCC[C@@]3(C(=O)O)C2)c1. The molecule has 2 heterocycles. The molecule has 2 atom stereocenters. The van der Waals surface area contributed by atoms with Crippen LogP contribution in [0.2, 0.25) is 0 Å². The van der Waals surface area contributed by atoms with Gasteiger partial charge in [-0.1, -0.05) is 18.6 Å². The molecular weight excluding hydrogens is 366 g/mol. The van der Waals surface area contributed by atoms with Crippen LogP contribution in [0, 0.1) is 11.3 Å². The van der Waals surface area contributed by atoms with Crippen molar-refractivity contribution in [2.45, 2.75) is 52.1 Å². The predicted molar refractivity (Wildman–Crippen MR) is 112 cm³/mol. The van der Waals surface area contributed by atoms with Crippen LogP contribution in [0.3, 0.4) is 0 Å². The Kier molecular flexibility index (Phi) is 4.93. The van der Waals surface area contributed by atoms with Gasteiger partial charge in [0, 0.05) is 37.0 Å². The number of carboxylic acids is 1. The van der Waals surface area contributed by atoms with Gasteiger partial charge in [0.2, 0.25) is 0 Å². The van der Waals surface area contributed by atoms with Crippen molar-refractivity contribution < 1.29 is 14.6 Å². The first-order chi connectivity index (χ1) is 13.7. The first kappa shape index (κ1) is 20.0. The normalized spacial score (nSPS) is 24.6. The Morgan fingerprint density at radius 3 is 2.83 bits per heavy atom. The number of aromatic nitrogens is 2. The highest BCUT2D eigenvalue weighted by atomic mass is 16.5. The van der Waals surface area contributed by atoms with Crippen molar-refractivity contribution in [3.63, 3.8) is 0 Å². The summed E-state index contributed by atoms with van der Waals surface area (Å²) in [5.74, 6) is 0.443. The van der Waals surface area contributed by atoms with Crippen LogP contribution in [0.15, 0.2) is 30.5 Å². The zero-order valence-corrected chi connectivity index (χ0v) is 17.8. The maximum absolute atomic E-state index is 12.0. The van der Waals surface area contributed by atoms with Crippen molar-refractivity contribution in [1.82, 2.24) is 14.7 Å². The van der Waals surface area contributed by atoms with Crippen LogP contribution in [0.4, 0.5) is 0 Å². The Bertz CT molecular complexity index is 914. The monoisotopic (exact) mass is 397 g/mol. The fourth-order valence-corrected chi connectivity index (χ4v) is 4.99. The van der Waals surface area contributed by atoms with Crippen LogP contribution in [0.1, 0.15) is 45.6 Å². The predicted octanol–water partition coefficient (Wildman–Crippen LogP) is 4.00. The molecule has 2 fully saturated rings. The largest absolute Gasteiger partial charge is 0.497 e. The molecule has 6 nitrogen and oxygen atoms in total. The molecule has 0 spiro atoms. The molecule has 0 unspecified atom stereocenters. The molecule has 1 saturated heterocycles. The van der Waals surface area contributed by atoms with Gasteiger partial charge < -0.3 is 9.84 Å². The van der Waals surface area contributed by atoms with E-state index in [0.717, 1.165) is 48.4 Å². The Hall–Kier alpha value is -2.34. The van der Waals surface area contributed by atoms with Gasteiger partial charge in [0.05, 0.1) is 23.8 Å². The van der Waals surface area contributed by atoms with Gasteiger partial charge in [0.25, 0.3) is 0 Å². The van der Waals surface area contributed by atoms with Crippen molar-refractivity contribution in [2.75, 3.05) is 20.2 Å². The van der Waals surface area contributed by atoms with Gasteiger partial charge >= 0.3 is 5.97 Å². The smallest absolute Gasteiger partial charge is 0.311 e. The first-order valence-corrected chi connectivity index (χ1v) is 10.4. The van der Waals surface area contributed by atoms with Gasteiger partial charge in [0.1, 0.15) is 5.75 Å². The molecule has 0 radical (unpaired) electrons. The Labute approximate surface area is 172 Å². The van der Waals surface area contributed by atoms with Crippen LogP contribution in [0.5, 0.6) is 5.75 Å². The lowest BCUT2D eigenvalue weighted by molar-refractivity contribution is -0.149. The van der Waals surface area contributed by atoms with E-state index >= 15 is 0 Å². The highest BCUT2D eigenvalue weighted by Gasteiger charge is 2.54. The van der Waals surface area contributed by atoms with Crippen molar-refractivity contribution in [3.8, 4) is 17.0 Å². The first-order valence-electron chi connectivity index (χ1n) is 10.4. The van der Waals surface area contributed by atoms with Gasteiger partial charge in [-0.05, 0) is 51.7 Å². The number of nitrogens with zero attached hydrogens (tertiary/aromatic N) is 3. The highest BCUT2D eigenvalue weighted by molar-refractivity contribution is 5.76. The molecule has 2 aliphatic rings. The lowest BCUT2D eigenvalue weighted by atomic mass is 9.81. The molecule has 0 amide bonds. The van der Waals surface area contributed by atoms with E-state index in [1.165, 1.54) is 0 Å². The zero-order valence-electron chi connectivity index (χ0n) is 17.8. The molecule has 1 aliphatic carbocycles. The summed E-state index contributed by atoms with van der Waals surface area (Å²) in [7, 11) is 1.67. The molecule has 29 heavy (non-hydrogen) atoms. The number of hydrogen-bond acceptors (Lipinski definition) is 4. The second-order valence-electron chi connectivity index (χ2n) is 9.57. The van der Waals surface area contributed by atoms with E-state index in [9.17, 15) is 9.90 Å². The molecule has 1 aromatic heterocycles. The summed E-state index contributed by atoms with van der Waals surface area (Å²) in [6.45, 7) is 8.61. The lowest BCUT2D eigenvalue weighted by Crippen LogP contribution is -2.35. The molecule has 2 aromatic rings. The Morgan fingerprint density at radius 2 is 2.17 bits per heavy atom. The molecule has 1 aromatic carbocycles. The zero-order chi connectivity index (χ0) is 20.8. The molecule has 4 rings (SSSR count). The number of hydrogen-bond donors (Lipinski definition) is 1. The molecule has 1 N–H and O–H groups in total. The average molecular weight is 398 g/mol. The van der Waals surface area contributed by atoms with E-state index in [4.69, 9.17) is 9.84 Å². The quantitative estimate of drug-likeness (QED) is 0.826. The minimum atomic E-state index is -0.624. The van der Waals surface area contributed by atoms with Crippen LogP contribution in [-0.2, 0) is 16.9 Å². The van der Waals surface area contributed by atoms with E-state index < -0.39 is 11.4 Å². The number of aliphatic carboxylic acids is 1. The fourth-order valence-electron chi connectivity index (χ4n) is 4.99. The van der Waals surface area contributed by atoms with Crippen molar-refractivity contribution >= 4 is 5.97 Å². The maximum atomic E-state index is 12.0. The Balaban J connectivity index is 1.66. The number of benzene rings is 1. The third kappa shape index (κ3) is 3.54. The van der Waals surface area contributed by atoms with E-state index in [1.54, 1.807) is 7.11 Å². The van der Waals surface area contributed by atoms with Gasteiger partial charge in [-0.2, -0.15) is 5.10 Å². The summed E-state index contributed by atoms with van der Waals surface area (Å²) in [6, 6.07) is 7.98. The number of carboxylic acid groups (broad SMARTS) is 1. The van der Waals surface area contributed by atoms with Crippen LogP contribution in [0.25, 0.3) is 11.3 Å². The molecular formula is C23H31N3O3. The number of methoxy groups -OCH3 is 1. The number of carbonyl (C=O) groups is 1.